The molecule has 76 valence electrons. The molecule has 14 heavy (non-hydrogen) atoms. The number of benzene rings is 1. The standard InChI is InChI=1S/C12H16FN/c1-9-4-5-11(13)7-12(9)10-3-2-6-14-8-10/h4-5,7,10,14H,2-3,6,8H2,1H3/t10-/m0/s1. The average molecular weight is 193 g/mol. The van der Waals surface area contributed by atoms with Gasteiger partial charge in [-0.25, -0.2) is 4.39 Å². The molecule has 1 N–H and O–H groups in total. The van der Waals surface area contributed by atoms with Crippen molar-refractivity contribution < 1.29 is 4.39 Å². The van der Waals surface area contributed by atoms with Gasteiger partial charge in [0.25, 0.3) is 0 Å². The quantitative estimate of drug-likeness (QED) is 0.723. The van der Waals surface area contributed by atoms with Crippen LogP contribution in [0.15, 0.2) is 18.2 Å². The van der Waals surface area contributed by atoms with Crippen molar-refractivity contribution in [1.82, 2.24) is 5.32 Å². The Labute approximate surface area is 84.3 Å². The van der Waals surface area contributed by atoms with Gasteiger partial charge >= 0.3 is 0 Å². The molecule has 1 aliphatic heterocycles. The third kappa shape index (κ3) is 1.95. The number of hydrogen-bond donors (Lipinski definition) is 1. The van der Waals surface area contributed by atoms with Crippen molar-refractivity contribution >= 4 is 0 Å². The SMILES string of the molecule is Cc1ccc(F)cc1[C@H]1CCCNC1. The second kappa shape index (κ2) is 4.09. The topological polar surface area (TPSA) is 12.0 Å². The monoisotopic (exact) mass is 193 g/mol. The van der Waals surface area contributed by atoms with Crippen molar-refractivity contribution in [3.8, 4) is 0 Å². The Balaban J connectivity index is 2.24. The summed E-state index contributed by atoms with van der Waals surface area (Å²) in [4.78, 5) is 0. The lowest BCUT2D eigenvalue weighted by molar-refractivity contribution is 0.458. The number of hydrogen-bond acceptors (Lipinski definition) is 1. The van der Waals surface area contributed by atoms with Gasteiger partial charge in [0.05, 0.1) is 0 Å². The number of piperidine rings is 1. The second-order valence-electron chi connectivity index (χ2n) is 4.04. The van der Waals surface area contributed by atoms with E-state index in [0.29, 0.717) is 5.92 Å². The molecule has 1 fully saturated rings. The highest BCUT2D eigenvalue weighted by Gasteiger charge is 2.17. The highest BCUT2D eigenvalue weighted by atomic mass is 19.1. The molecular formula is C12H16FN. The van der Waals surface area contributed by atoms with E-state index < -0.39 is 0 Å². The maximum Gasteiger partial charge on any atom is 0.123 e. The maximum atomic E-state index is 13.1. The van der Waals surface area contributed by atoms with E-state index in [1.54, 1.807) is 6.07 Å². The molecule has 1 aliphatic rings. The summed E-state index contributed by atoms with van der Waals surface area (Å²) in [5.41, 5.74) is 2.39. The van der Waals surface area contributed by atoms with E-state index in [2.05, 4.69) is 12.2 Å². The molecule has 0 radical (unpaired) electrons. The van der Waals surface area contributed by atoms with Crippen LogP contribution in [-0.4, -0.2) is 13.1 Å². The molecule has 1 atom stereocenters. The number of aryl methyl sites for hydroxylation is 1. The van der Waals surface area contributed by atoms with E-state index in [4.69, 9.17) is 0 Å². The first kappa shape index (κ1) is 9.66. The lowest BCUT2D eigenvalue weighted by atomic mass is 9.89. The van der Waals surface area contributed by atoms with Gasteiger partial charge in [-0.15, -0.1) is 0 Å². The normalized spacial score (nSPS) is 22.3. The molecule has 0 saturated carbocycles. The van der Waals surface area contributed by atoms with Crippen LogP contribution in [0.2, 0.25) is 0 Å². The largest absolute Gasteiger partial charge is 0.316 e. The minimum atomic E-state index is -0.115. The highest BCUT2D eigenvalue weighted by Crippen LogP contribution is 2.26. The van der Waals surface area contributed by atoms with Gasteiger partial charge in [0, 0.05) is 6.54 Å². The van der Waals surface area contributed by atoms with Gasteiger partial charge in [-0.1, -0.05) is 6.07 Å². The van der Waals surface area contributed by atoms with Crippen LogP contribution in [-0.2, 0) is 0 Å². The number of halogens is 1. The zero-order valence-corrected chi connectivity index (χ0v) is 8.52. The Hall–Kier alpha value is -0.890. The lowest BCUT2D eigenvalue weighted by Gasteiger charge is -2.24. The summed E-state index contributed by atoms with van der Waals surface area (Å²) < 4.78 is 13.1. The first-order valence-corrected chi connectivity index (χ1v) is 5.24. The molecule has 2 heteroatoms. The summed E-state index contributed by atoms with van der Waals surface area (Å²) in [7, 11) is 0. The third-order valence-electron chi connectivity index (χ3n) is 2.98. The Morgan fingerprint density at radius 1 is 1.43 bits per heavy atom. The predicted molar refractivity (Wildman–Crippen MR) is 56.0 cm³/mol. The molecule has 2 rings (SSSR count). The van der Waals surface area contributed by atoms with E-state index in [0.717, 1.165) is 13.1 Å². The first-order valence-electron chi connectivity index (χ1n) is 5.24. The summed E-state index contributed by atoms with van der Waals surface area (Å²) in [5.74, 6) is 0.385. The fourth-order valence-corrected chi connectivity index (χ4v) is 2.17. The van der Waals surface area contributed by atoms with E-state index in [1.807, 2.05) is 6.07 Å². The zero-order chi connectivity index (χ0) is 9.97. The van der Waals surface area contributed by atoms with E-state index >= 15 is 0 Å². The summed E-state index contributed by atoms with van der Waals surface area (Å²) in [6.07, 6.45) is 2.37. The van der Waals surface area contributed by atoms with Gasteiger partial charge in [0.15, 0.2) is 0 Å². The molecule has 0 bridgehead atoms. The van der Waals surface area contributed by atoms with Gasteiger partial charge in [-0.2, -0.15) is 0 Å². The third-order valence-corrected chi connectivity index (χ3v) is 2.98. The molecular weight excluding hydrogens is 177 g/mol. The predicted octanol–water partition coefficient (Wildman–Crippen LogP) is 2.60. The molecule has 0 aromatic heterocycles. The van der Waals surface area contributed by atoms with Crippen molar-refractivity contribution in [2.24, 2.45) is 0 Å². The fourth-order valence-electron chi connectivity index (χ4n) is 2.17. The number of nitrogens with one attached hydrogen (secondary N) is 1. The van der Waals surface area contributed by atoms with Gasteiger partial charge in [-0.05, 0) is 55.5 Å². The number of rotatable bonds is 1. The minimum absolute atomic E-state index is 0.115. The Morgan fingerprint density at radius 3 is 3.00 bits per heavy atom. The average Bonchev–Trinajstić information content (AvgIpc) is 2.23. The van der Waals surface area contributed by atoms with Crippen molar-refractivity contribution in [3.05, 3.63) is 35.1 Å². The summed E-state index contributed by atoms with van der Waals surface area (Å²) in [5, 5.41) is 3.36. The van der Waals surface area contributed by atoms with Crippen LogP contribution in [0.4, 0.5) is 4.39 Å². The Bertz CT molecular complexity index is 316. The van der Waals surface area contributed by atoms with Crippen molar-refractivity contribution in [2.75, 3.05) is 13.1 Å². The van der Waals surface area contributed by atoms with Crippen LogP contribution in [0.5, 0.6) is 0 Å². The van der Waals surface area contributed by atoms with Crippen LogP contribution < -0.4 is 5.32 Å². The molecule has 1 aromatic rings. The van der Waals surface area contributed by atoms with Crippen molar-refractivity contribution in [2.45, 2.75) is 25.7 Å². The second-order valence-corrected chi connectivity index (χ2v) is 4.04. The Kier molecular flexibility index (Phi) is 2.82. The van der Waals surface area contributed by atoms with Gasteiger partial charge in [0.2, 0.25) is 0 Å². The van der Waals surface area contributed by atoms with Crippen molar-refractivity contribution in [3.63, 3.8) is 0 Å². The summed E-state index contributed by atoms with van der Waals surface area (Å²) in [6, 6.07) is 5.10. The van der Waals surface area contributed by atoms with Crippen molar-refractivity contribution in [1.29, 1.82) is 0 Å². The molecule has 0 aliphatic carbocycles. The smallest absolute Gasteiger partial charge is 0.123 e. The maximum absolute atomic E-state index is 13.1. The van der Waals surface area contributed by atoms with Gasteiger partial charge < -0.3 is 5.32 Å². The highest BCUT2D eigenvalue weighted by molar-refractivity contribution is 5.30. The van der Waals surface area contributed by atoms with Crippen LogP contribution in [0, 0.1) is 12.7 Å². The van der Waals surface area contributed by atoms with Crippen LogP contribution in [0.3, 0.4) is 0 Å². The van der Waals surface area contributed by atoms with Gasteiger partial charge in [-0.3, -0.25) is 0 Å². The van der Waals surface area contributed by atoms with Crippen LogP contribution >= 0.6 is 0 Å². The fraction of sp³-hybridized carbons (Fsp3) is 0.500. The lowest BCUT2D eigenvalue weighted by Crippen LogP contribution is -2.28. The Morgan fingerprint density at radius 2 is 2.29 bits per heavy atom. The first-order chi connectivity index (χ1) is 6.77. The summed E-state index contributed by atoms with van der Waals surface area (Å²) >= 11 is 0. The molecule has 1 heterocycles. The van der Waals surface area contributed by atoms with Crippen LogP contribution in [0.1, 0.15) is 29.9 Å². The van der Waals surface area contributed by atoms with Crippen LogP contribution in [0.25, 0.3) is 0 Å². The van der Waals surface area contributed by atoms with E-state index in [9.17, 15) is 4.39 Å². The zero-order valence-electron chi connectivity index (χ0n) is 8.52. The van der Waals surface area contributed by atoms with E-state index in [1.165, 1.54) is 30.0 Å². The molecule has 1 aromatic carbocycles. The molecule has 0 unspecified atom stereocenters. The molecule has 0 amide bonds. The van der Waals surface area contributed by atoms with E-state index in [-0.39, 0.29) is 5.82 Å². The summed E-state index contributed by atoms with van der Waals surface area (Å²) in [6.45, 7) is 4.15. The molecule has 1 saturated heterocycles. The van der Waals surface area contributed by atoms with Gasteiger partial charge in [0.1, 0.15) is 5.82 Å². The molecule has 1 nitrogen and oxygen atoms in total. The molecule has 0 spiro atoms. The minimum Gasteiger partial charge on any atom is -0.316 e.